The molecule has 1 aliphatic rings. The van der Waals surface area contributed by atoms with Gasteiger partial charge in [0.05, 0.1) is 17.5 Å². The number of primary sulfonamides is 1. The van der Waals surface area contributed by atoms with Crippen LogP contribution in [-0.2, 0) is 14.8 Å². The molecular formula is C19H22N4O5S. The van der Waals surface area contributed by atoms with Crippen molar-refractivity contribution in [2.75, 3.05) is 23.4 Å². The zero-order chi connectivity index (χ0) is 21.0. The zero-order valence-electron chi connectivity index (χ0n) is 15.8. The molecule has 1 saturated heterocycles. The first-order valence-electron chi connectivity index (χ1n) is 9.00. The Hall–Kier alpha value is -3.11. The van der Waals surface area contributed by atoms with Crippen LogP contribution in [0.5, 0.6) is 5.75 Å². The molecule has 1 heterocycles. The molecule has 0 spiro atoms. The summed E-state index contributed by atoms with van der Waals surface area (Å²) in [5, 5.41) is 10.4. The first kappa shape index (κ1) is 20.6. The van der Waals surface area contributed by atoms with E-state index in [9.17, 15) is 18.0 Å². The van der Waals surface area contributed by atoms with Gasteiger partial charge in [0, 0.05) is 24.3 Å². The van der Waals surface area contributed by atoms with E-state index in [1.165, 1.54) is 24.3 Å². The van der Waals surface area contributed by atoms with E-state index < -0.39 is 16.1 Å². The lowest BCUT2D eigenvalue weighted by molar-refractivity contribution is -0.117. The molecule has 0 bridgehead atoms. The molecule has 1 fully saturated rings. The third-order valence-corrected chi connectivity index (χ3v) is 5.29. The van der Waals surface area contributed by atoms with Crippen LogP contribution in [0.15, 0.2) is 53.4 Å². The summed E-state index contributed by atoms with van der Waals surface area (Å²) in [6.45, 7) is 2.81. The molecule has 29 heavy (non-hydrogen) atoms. The number of nitrogens with two attached hydrogens (primary N) is 1. The maximum Gasteiger partial charge on any atom is 0.319 e. The molecule has 0 aromatic heterocycles. The molecule has 0 saturated carbocycles. The van der Waals surface area contributed by atoms with Gasteiger partial charge < -0.3 is 20.3 Å². The van der Waals surface area contributed by atoms with Crippen LogP contribution in [0.25, 0.3) is 0 Å². The number of carbonyl (C=O) groups excluding carboxylic acids is 2. The van der Waals surface area contributed by atoms with Crippen LogP contribution in [0.4, 0.5) is 16.2 Å². The minimum absolute atomic E-state index is 0.0455. The molecule has 1 aliphatic heterocycles. The molecule has 2 aromatic rings. The molecule has 1 atom stereocenters. The van der Waals surface area contributed by atoms with E-state index >= 15 is 0 Å². The average Bonchev–Trinajstić information content (AvgIpc) is 3.02. The standard InChI is InChI=1S/C19H22N4O5S/c1-2-28-16-7-5-15(6-8-16)23-12-14(11-18(23)24)22-19(25)21-13-3-9-17(10-4-13)29(20,26)27/h3-10,14H,2,11-12H2,1H3,(H2,20,26,27)(H2,21,22,25). The maximum absolute atomic E-state index is 12.3. The number of carbonyl (C=O) groups is 2. The SMILES string of the molecule is CCOc1ccc(N2CC(NC(=O)Nc3ccc(S(N)(=O)=O)cc3)CC2=O)cc1. The fraction of sp³-hybridized carbons (Fsp3) is 0.263. The maximum atomic E-state index is 12.3. The minimum Gasteiger partial charge on any atom is -0.494 e. The van der Waals surface area contributed by atoms with E-state index in [0.29, 0.717) is 18.8 Å². The summed E-state index contributed by atoms with van der Waals surface area (Å²) in [5.74, 6) is 0.641. The van der Waals surface area contributed by atoms with Crippen molar-refractivity contribution in [3.05, 3.63) is 48.5 Å². The second-order valence-electron chi connectivity index (χ2n) is 6.50. The van der Waals surface area contributed by atoms with Crippen molar-refractivity contribution in [2.45, 2.75) is 24.3 Å². The minimum atomic E-state index is -3.79. The molecule has 3 amide bonds. The normalized spacial score (nSPS) is 16.6. The number of sulfonamides is 1. The lowest BCUT2D eigenvalue weighted by Crippen LogP contribution is -2.39. The van der Waals surface area contributed by atoms with Gasteiger partial charge in [-0.05, 0) is 55.5 Å². The highest BCUT2D eigenvalue weighted by atomic mass is 32.2. The Morgan fingerprint density at radius 2 is 1.83 bits per heavy atom. The summed E-state index contributed by atoms with van der Waals surface area (Å²) in [6, 6.07) is 11.8. The van der Waals surface area contributed by atoms with Crippen LogP contribution < -0.4 is 25.4 Å². The summed E-state index contributed by atoms with van der Waals surface area (Å²) in [7, 11) is -3.79. The molecule has 10 heteroatoms. The molecule has 0 aliphatic carbocycles. The topological polar surface area (TPSA) is 131 Å². The van der Waals surface area contributed by atoms with Crippen molar-refractivity contribution in [2.24, 2.45) is 5.14 Å². The summed E-state index contributed by atoms with van der Waals surface area (Å²) in [4.78, 5) is 26.1. The zero-order valence-corrected chi connectivity index (χ0v) is 16.6. The van der Waals surface area contributed by atoms with Crippen molar-refractivity contribution >= 4 is 33.3 Å². The van der Waals surface area contributed by atoms with Gasteiger partial charge in [-0.15, -0.1) is 0 Å². The molecular weight excluding hydrogens is 396 g/mol. The number of anilines is 2. The summed E-state index contributed by atoms with van der Waals surface area (Å²) >= 11 is 0. The van der Waals surface area contributed by atoms with E-state index in [2.05, 4.69) is 10.6 Å². The lowest BCUT2D eigenvalue weighted by Gasteiger charge is -2.18. The Morgan fingerprint density at radius 3 is 2.41 bits per heavy atom. The highest BCUT2D eigenvalue weighted by Crippen LogP contribution is 2.24. The molecule has 0 radical (unpaired) electrons. The van der Waals surface area contributed by atoms with Crippen molar-refractivity contribution in [1.29, 1.82) is 0 Å². The first-order chi connectivity index (χ1) is 13.8. The Kier molecular flexibility index (Phi) is 6.04. The van der Waals surface area contributed by atoms with Crippen LogP contribution in [0.2, 0.25) is 0 Å². The van der Waals surface area contributed by atoms with Gasteiger partial charge in [-0.3, -0.25) is 4.79 Å². The highest BCUT2D eigenvalue weighted by Gasteiger charge is 2.31. The predicted octanol–water partition coefficient (Wildman–Crippen LogP) is 1.66. The summed E-state index contributed by atoms with van der Waals surface area (Å²) < 4.78 is 27.9. The van der Waals surface area contributed by atoms with Gasteiger partial charge in [-0.1, -0.05) is 0 Å². The quantitative estimate of drug-likeness (QED) is 0.657. The van der Waals surface area contributed by atoms with E-state index in [0.717, 1.165) is 11.4 Å². The first-order valence-corrected chi connectivity index (χ1v) is 10.5. The van der Waals surface area contributed by atoms with Crippen molar-refractivity contribution < 1.29 is 22.7 Å². The molecule has 3 rings (SSSR count). The molecule has 4 N–H and O–H groups in total. The smallest absolute Gasteiger partial charge is 0.319 e. The Labute approximate surface area is 168 Å². The van der Waals surface area contributed by atoms with Crippen molar-refractivity contribution in [1.82, 2.24) is 5.32 Å². The third-order valence-electron chi connectivity index (χ3n) is 4.36. The molecule has 1 unspecified atom stereocenters. The number of nitrogens with one attached hydrogen (secondary N) is 2. The van der Waals surface area contributed by atoms with E-state index in [-0.39, 0.29) is 23.3 Å². The van der Waals surface area contributed by atoms with Crippen molar-refractivity contribution in [3.8, 4) is 5.75 Å². The van der Waals surface area contributed by atoms with Gasteiger partial charge in [0.2, 0.25) is 15.9 Å². The average molecular weight is 418 g/mol. The number of benzene rings is 2. The summed E-state index contributed by atoms with van der Waals surface area (Å²) in [5.41, 5.74) is 1.14. The van der Waals surface area contributed by atoms with E-state index in [1.807, 2.05) is 6.92 Å². The molecule has 9 nitrogen and oxygen atoms in total. The van der Waals surface area contributed by atoms with E-state index in [1.54, 1.807) is 29.2 Å². The van der Waals surface area contributed by atoms with E-state index in [4.69, 9.17) is 9.88 Å². The lowest BCUT2D eigenvalue weighted by atomic mass is 10.2. The van der Waals surface area contributed by atoms with Crippen LogP contribution in [0, 0.1) is 0 Å². The predicted molar refractivity (Wildman–Crippen MR) is 108 cm³/mol. The fourth-order valence-electron chi connectivity index (χ4n) is 3.02. The van der Waals surface area contributed by atoms with Gasteiger partial charge in [-0.25, -0.2) is 18.4 Å². The highest BCUT2D eigenvalue weighted by molar-refractivity contribution is 7.89. The summed E-state index contributed by atoms with van der Waals surface area (Å²) in [6.07, 6.45) is 0.186. The van der Waals surface area contributed by atoms with Crippen LogP contribution >= 0.6 is 0 Å². The Bertz CT molecular complexity index is 990. The van der Waals surface area contributed by atoms with Gasteiger partial charge in [-0.2, -0.15) is 0 Å². The van der Waals surface area contributed by atoms with Crippen LogP contribution in [0.1, 0.15) is 13.3 Å². The Balaban J connectivity index is 1.57. The number of nitrogens with zero attached hydrogens (tertiary/aromatic N) is 1. The number of ether oxygens (including phenoxy) is 1. The van der Waals surface area contributed by atoms with Gasteiger partial charge in [0.15, 0.2) is 0 Å². The van der Waals surface area contributed by atoms with Gasteiger partial charge >= 0.3 is 6.03 Å². The monoisotopic (exact) mass is 418 g/mol. The number of urea groups is 1. The van der Waals surface area contributed by atoms with Crippen molar-refractivity contribution in [3.63, 3.8) is 0 Å². The number of hydrogen-bond acceptors (Lipinski definition) is 5. The number of rotatable bonds is 6. The Morgan fingerprint density at radius 1 is 1.17 bits per heavy atom. The van der Waals surface area contributed by atoms with Crippen LogP contribution in [0.3, 0.4) is 0 Å². The largest absolute Gasteiger partial charge is 0.494 e. The van der Waals surface area contributed by atoms with Crippen LogP contribution in [-0.4, -0.2) is 39.5 Å². The third kappa shape index (κ3) is 5.24. The second kappa shape index (κ2) is 8.50. The van der Waals surface area contributed by atoms with Gasteiger partial charge in [0.1, 0.15) is 5.75 Å². The molecule has 154 valence electrons. The van der Waals surface area contributed by atoms with Gasteiger partial charge in [0.25, 0.3) is 0 Å². The number of hydrogen-bond donors (Lipinski definition) is 3. The second-order valence-corrected chi connectivity index (χ2v) is 8.06. The number of amides is 3. The fourth-order valence-corrected chi connectivity index (χ4v) is 3.54. The molecule has 2 aromatic carbocycles.